The summed E-state index contributed by atoms with van der Waals surface area (Å²) in [5.41, 5.74) is 8.99. The van der Waals surface area contributed by atoms with Crippen LogP contribution in [0.1, 0.15) is 49.8 Å². The maximum atomic E-state index is 9.74. The maximum absolute atomic E-state index is 9.74. The average Bonchev–Trinajstić information content (AvgIpc) is 2.63. The highest BCUT2D eigenvalue weighted by atomic mass is 79.9. The Hall–Kier alpha value is -0.580. The third-order valence-corrected chi connectivity index (χ3v) is 4.47. The van der Waals surface area contributed by atoms with Gasteiger partial charge >= 0.3 is 0 Å². The highest BCUT2D eigenvalue weighted by Gasteiger charge is 2.14. The lowest BCUT2D eigenvalue weighted by atomic mass is 10.0. The van der Waals surface area contributed by atoms with Gasteiger partial charge in [-0.15, -0.1) is 0 Å². The number of nitrogen functional groups attached to an aromatic ring is 1. The van der Waals surface area contributed by atoms with E-state index in [1.165, 1.54) is 25.7 Å². The van der Waals surface area contributed by atoms with Gasteiger partial charge in [0.2, 0.25) is 0 Å². The minimum Gasteiger partial charge on any atom is -0.398 e. The second-order valence-corrected chi connectivity index (χ2v) is 6.30. The number of rotatable bonds is 3. The molecule has 1 heterocycles. The van der Waals surface area contributed by atoms with Crippen LogP contribution in [0.2, 0.25) is 0 Å². The third kappa shape index (κ3) is 3.94. The summed E-state index contributed by atoms with van der Waals surface area (Å²) in [5.74, 6) is 0. The van der Waals surface area contributed by atoms with Crippen molar-refractivity contribution in [2.75, 3.05) is 18.8 Å². The Balaban J connectivity index is 2.18. The average molecular weight is 327 g/mol. The monoisotopic (exact) mass is 326 g/mol. The van der Waals surface area contributed by atoms with Gasteiger partial charge in [-0.3, -0.25) is 4.90 Å². The van der Waals surface area contributed by atoms with Gasteiger partial charge < -0.3 is 10.8 Å². The van der Waals surface area contributed by atoms with E-state index in [9.17, 15) is 5.11 Å². The van der Waals surface area contributed by atoms with Crippen LogP contribution in [0.25, 0.3) is 0 Å². The Morgan fingerprint density at radius 1 is 1.26 bits per heavy atom. The maximum Gasteiger partial charge on any atom is 0.0762 e. The van der Waals surface area contributed by atoms with Crippen LogP contribution in [0, 0.1) is 0 Å². The van der Waals surface area contributed by atoms with E-state index in [1.54, 1.807) is 6.92 Å². The van der Waals surface area contributed by atoms with E-state index in [-0.39, 0.29) is 0 Å². The molecule has 3 nitrogen and oxygen atoms in total. The molecule has 0 bridgehead atoms. The summed E-state index contributed by atoms with van der Waals surface area (Å²) in [4.78, 5) is 2.47. The van der Waals surface area contributed by atoms with Crippen LogP contribution in [-0.2, 0) is 6.54 Å². The van der Waals surface area contributed by atoms with Gasteiger partial charge in [-0.1, -0.05) is 12.8 Å². The number of halogens is 1. The molecule has 106 valence electrons. The molecule has 4 heteroatoms. The fourth-order valence-electron chi connectivity index (χ4n) is 2.61. The molecule has 0 radical (unpaired) electrons. The molecular formula is C15H23BrN2O. The summed E-state index contributed by atoms with van der Waals surface area (Å²) in [6, 6.07) is 3.95. The van der Waals surface area contributed by atoms with E-state index in [2.05, 4.69) is 20.8 Å². The van der Waals surface area contributed by atoms with Crippen molar-refractivity contribution in [3.8, 4) is 0 Å². The van der Waals surface area contributed by atoms with E-state index < -0.39 is 6.10 Å². The number of anilines is 1. The molecule has 1 aromatic rings. The topological polar surface area (TPSA) is 49.5 Å². The number of aliphatic hydroxyl groups excluding tert-OH is 1. The van der Waals surface area contributed by atoms with Crippen molar-refractivity contribution in [2.45, 2.75) is 45.3 Å². The molecule has 1 fully saturated rings. The zero-order valence-corrected chi connectivity index (χ0v) is 13.1. The molecule has 1 aliphatic rings. The van der Waals surface area contributed by atoms with Crippen molar-refractivity contribution in [3.63, 3.8) is 0 Å². The lowest BCUT2D eigenvalue weighted by molar-refractivity contribution is 0.199. The van der Waals surface area contributed by atoms with E-state index in [1.807, 2.05) is 12.1 Å². The van der Waals surface area contributed by atoms with Crippen LogP contribution >= 0.6 is 15.9 Å². The number of likely N-dealkylation sites (tertiary alicyclic amines) is 1. The first kappa shape index (κ1) is 14.8. The van der Waals surface area contributed by atoms with Crippen molar-refractivity contribution in [3.05, 3.63) is 27.7 Å². The molecule has 1 aromatic carbocycles. The van der Waals surface area contributed by atoms with Gasteiger partial charge in [0.15, 0.2) is 0 Å². The summed E-state index contributed by atoms with van der Waals surface area (Å²) in [6.45, 7) is 4.96. The van der Waals surface area contributed by atoms with Crippen molar-refractivity contribution >= 4 is 21.6 Å². The number of nitrogens with two attached hydrogens (primary N) is 1. The first-order valence-electron chi connectivity index (χ1n) is 7.06. The fraction of sp³-hybridized carbons (Fsp3) is 0.600. The van der Waals surface area contributed by atoms with Crippen LogP contribution < -0.4 is 5.73 Å². The van der Waals surface area contributed by atoms with Gasteiger partial charge in [-0.2, -0.15) is 0 Å². The first-order valence-corrected chi connectivity index (χ1v) is 7.85. The molecule has 0 aliphatic carbocycles. The van der Waals surface area contributed by atoms with Crippen LogP contribution in [0.3, 0.4) is 0 Å². The summed E-state index contributed by atoms with van der Waals surface area (Å²) in [5, 5.41) is 9.74. The molecular weight excluding hydrogens is 304 g/mol. The number of hydrogen-bond acceptors (Lipinski definition) is 3. The number of nitrogens with zero attached hydrogens (tertiary/aromatic N) is 1. The van der Waals surface area contributed by atoms with Crippen molar-refractivity contribution in [2.24, 2.45) is 0 Å². The molecule has 1 aliphatic heterocycles. The molecule has 0 saturated carbocycles. The van der Waals surface area contributed by atoms with Crippen LogP contribution in [0.15, 0.2) is 16.6 Å². The molecule has 2 rings (SSSR count). The molecule has 3 N–H and O–H groups in total. The molecule has 1 saturated heterocycles. The summed E-state index contributed by atoms with van der Waals surface area (Å²) < 4.78 is 0.885. The van der Waals surface area contributed by atoms with Gasteiger partial charge in [0.05, 0.1) is 11.8 Å². The zero-order chi connectivity index (χ0) is 13.8. The Morgan fingerprint density at radius 3 is 2.47 bits per heavy atom. The number of aliphatic hydroxyl groups is 1. The number of benzene rings is 1. The van der Waals surface area contributed by atoms with Crippen LogP contribution in [-0.4, -0.2) is 23.1 Å². The lowest BCUT2D eigenvalue weighted by Gasteiger charge is -2.22. The first-order chi connectivity index (χ1) is 9.08. The highest BCUT2D eigenvalue weighted by molar-refractivity contribution is 9.10. The molecule has 0 aromatic heterocycles. The largest absolute Gasteiger partial charge is 0.398 e. The van der Waals surface area contributed by atoms with Crippen molar-refractivity contribution in [1.29, 1.82) is 0 Å². The summed E-state index contributed by atoms with van der Waals surface area (Å²) >= 11 is 3.49. The predicted molar refractivity (Wildman–Crippen MR) is 82.9 cm³/mol. The second kappa shape index (κ2) is 6.73. The van der Waals surface area contributed by atoms with Gasteiger partial charge in [0.25, 0.3) is 0 Å². The lowest BCUT2D eigenvalue weighted by Crippen LogP contribution is -2.24. The highest BCUT2D eigenvalue weighted by Crippen LogP contribution is 2.29. The van der Waals surface area contributed by atoms with Crippen LogP contribution in [0.5, 0.6) is 0 Å². The van der Waals surface area contributed by atoms with Gasteiger partial charge in [0.1, 0.15) is 0 Å². The van der Waals surface area contributed by atoms with Crippen molar-refractivity contribution < 1.29 is 5.11 Å². The predicted octanol–water partition coefficient (Wildman–Crippen LogP) is 3.46. The molecule has 1 unspecified atom stereocenters. The van der Waals surface area contributed by atoms with E-state index in [0.29, 0.717) is 0 Å². The van der Waals surface area contributed by atoms with Crippen molar-refractivity contribution in [1.82, 2.24) is 4.90 Å². The van der Waals surface area contributed by atoms with Gasteiger partial charge in [-0.25, -0.2) is 0 Å². The van der Waals surface area contributed by atoms with E-state index in [4.69, 9.17) is 5.73 Å². The Labute approximate surface area is 123 Å². The Bertz CT molecular complexity index is 426. The van der Waals surface area contributed by atoms with E-state index in [0.717, 1.165) is 40.9 Å². The smallest absolute Gasteiger partial charge is 0.0762 e. The molecule has 19 heavy (non-hydrogen) atoms. The minimum absolute atomic E-state index is 0.459. The number of hydrogen-bond donors (Lipinski definition) is 2. The molecule has 0 spiro atoms. The molecule has 0 amide bonds. The minimum atomic E-state index is -0.459. The van der Waals surface area contributed by atoms with Crippen LogP contribution in [0.4, 0.5) is 5.69 Å². The SMILES string of the molecule is CC(O)c1cc(Br)c(N)c(CN2CCCCCC2)c1. The third-order valence-electron chi connectivity index (χ3n) is 3.81. The second-order valence-electron chi connectivity index (χ2n) is 5.44. The quantitative estimate of drug-likeness (QED) is 0.836. The van der Waals surface area contributed by atoms with Gasteiger partial charge in [0, 0.05) is 11.0 Å². The molecule has 1 atom stereocenters. The normalized spacial score (nSPS) is 19.1. The van der Waals surface area contributed by atoms with Gasteiger partial charge in [-0.05, 0) is 72.0 Å². The fourth-order valence-corrected chi connectivity index (χ4v) is 3.12. The zero-order valence-electron chi connectivity index (χ0n) is 11.5. The standard InChI is InChI=1S/C15H23BrN2O/c1-11(19)12-8-13(15(17)14(16)9-12)10-18-6-4-2-3-5-7-18/h8-9,11,19H,2-7,10,17H2,1H3. The summed E-state index contributed by atoms with van der Waals surface area (Å²) in [7, 11) is 0. The Morgan fingerprint density at radius 2 is 1.89 bits per heavy atom. The Kier molecular flexibility index (Phi) is 5.25. The summed E-state index contributed by atoms with van der Waals surface area (Å²) in [6.07, 6.45) is 4.76. The van der Waals surface area contributed by atoms with E-state index >= 15 is 0 Å².